The average Bonchev–Trinajstić information content (AvgIpc) is 2.66. The van der Waals surface area contributed by atoms with Gasteiger partial charge in [-0.15, -0.1) is 0 Å². The molecule has 0 saturated carbocycles. The standard InChI is InChI=1S/C20H22N2O3/c1-20(15-21,12-13-24-2)22-19(23)17-8-10-18(11-9-17)25-14-16-6-4-3-5-7-16/h3-11H,12-14H2,1-2H3,(H,22,23). The van der Waals surface area contributed by atoms with Crippen LogP contribution >= 0.6 is 0 Å². The number of benzene rings is 2. The third-order valence-electron chi connectivity index (χ3n) is 3.81. The fourth-order valence-corrected chi connectivity index (χ4v) is 2.22. The summed E-state index contributed by atoms with van der Waals surface area (Å²) in [5.74, 6) is 0.387. The molecule has 1 amide bonds. The summed E-state index contributed by atoms with van der Waals surface area (Å²) in [7, 11) is 1.56. The van der Waals surface area contributed by atoms with E-state index in [4.69, 9.17) is 9.47 Å². The molecule has 1 unspecified atom stereocenters. The Morgan fingerprint density at radius 3 is 2.44 bits per heavy atom. The van der Waals surface area contributed by atoms with Gasteiger partial charge in [-0.3, -0.25) is 4.79 Å². The van der Waals surface area contributed by atoms with Gasteiger partial charge in [0.25, 0.3) is 5.91 Å². The van der Waals surface area contributed by atoms with Crippen molar-refractivity contribution >= 4 is 5.91 Å². The summed E-state index contributed by atoms with van der Waals surface area (Å²) in [6, 6.07) is 18.8. The number of hydrogen-bond donors (Lipinski definition) is 1. The molecular formula is C20H22N2O3. The number of carbonyl (C=O) groups is 1. The third-order valence-corrected chi connectivity index (χ3v) is 3.81. The van der Waals surface area contributed by atoms with E-state index in [1.54, 1.807) is 38.3 Å². The number of carbonyl (C=O) groups excluding carboxylic acids is 1. The second-order valence-corrected chi connectivity index (χ2v) is 5.94. The lowest BCUT2D eigenvalue weighted by Crippen LogP contribution is -2.45. The molecule has 0 aliphatic heterocycles. The number of hydrogen-bond acceptors (Lipinski definition) is 4. The first-order valence-corrected chi connectivity index (χ1v) is 8.06. The average molecular weight is 338 g/mol. The fourth-order valence-electron chi connectivity index (χ4n) is 2.22. The summed E-state index contributed by atoms with van der Waals surface area (Å²) in [4.78, 5) is 12.3. The number of rotatable bonds is 8. The molecule has 130 valence electrons. The van der Waals surface area contributed by atoms with Crippen LogP contribution in [-0.4, -0.2) is 25.2 Å². The van der Waals surface area contributed by atoms with Crippen LogP contribution in [0, 0.1) is 11.3 Å². The van der Waals surface area contributed by atoms with Crippen LogP contribution < -0.4 is 10.1 Å². The molecule has 5 nitrogen and oxygen atoms in total. The maximum Gasteiger partial charge on any atom is 0.252 e. The molecular weight excluding hydrogens is 316 g/mol. The Morgan fingerprint density at radius 1 is 1.16 bits per heavy atom. The van der Waals surface area contributed by atoms with Gasteiger partial charge in [-0.05, 0) is 36.8 Å². The molecule has 0 aliphatic carbocycles. The van der Waals surface area contributed by atoms with Crippen LogP contribution in [0.25, 0.3) is 0 Å². The van der Waals surface area contributed by atoms with Gasteiger partial charge in [0.2, 0.25) is 0 Å². The molecule has 25 heavy (non-hydrogen) atoms. The summed E-state index contributed by atoms with van der Waals surface area (Å²) >= 11 is 0. The van der Waals surface area contributed by atoms with Crippen molar-refractivity contribution in [3.8, 4) is 11.8 Å². The van der Waals surface area contributed by atoms with Gasteiger partial charge < -0.3 is 14.8 Å². The van der Waals surface area contributed by atoms with Gasteiger partial charge in [-0.25, -0.2) is 0 Å². The number of ether oxygens (including phenoxy) is 2. The van der Waals surface area contributed by atoms with Crippen LogP contribution in [0.3, 0.4) is 0 Å². The zero-order valence-electron chi connectivity index (χ0n) is 14.5. The molecule has 0 fully saturated rings. The van der Waals surface area contributed by atoms with Crippen LogP contribution in [0.2, 0.25) is 0 Å². The van der Waals surface area contributed by atoms with E-state index in [0.717, 1.165) is 5.56 Å². The Labute approximate surface area is 148 Å². The van der Waals surface area contributed by atoms with E-state index in [2.05, 4.69) is 11.4 Å². The Morgan fingerprint density at radius 2 is 1.84 bits per heavy atom. The smallest absolute Gasteiger partial charge is 0.252 e. The normalized spacial score (nSPS) is 12.7. The Hall–Kier alpha value is -2.84. The quantitative estimate of drug-likeness (QED) is 0.801. The van der Waals surface area contributed by atoms with Crippen molar-refractivity contribution in [1.82, 2.24) is 5.32 Å². The molecule has 0 heterocycles. The largest absolute Gasteiger partial charge is 0.489 e. The predicted molar refractivity (Wildman–Crippen MR) is 95.2 cm³/mol. The van der Waals surface area contributed by atoms with Gasteiger partial charge in [0, 0.05) is 25.7 Å². The lowest BCUT2D eigenvalue weighted by molar-refractivity contribution is 0.0906. The number of nitriles is 1. The molecule has 5 heteroatoms. The third kappa shape index (κ3) is 5.63. The SMILES string of the molecule is COCCC(C)(C#N)NC(=O)c1ccc(OCc2ccccc2)cc1. The number of amides is 1. The van der Waals surface area contributed by atoms with Crippen molar-refractivity contribution in [2.24, 2.45) is 0 Å². The lowest BCUT2D eigenvalue weighted by atomic mass is 9.99. The highest BCUT2D eigenvalue weighted by molar-refractivity contribution is 5.95. The lowest BCUT2D eigenvalue weighted by Gasteiger charge is -2.22. The highest BCUT2D eigenvalue weighted by Crippen LogP contribution is 2.16. The van der Waals surface area contributed by atoms with Crippen molar-refractivity contribution < 1.29 is 14.3 Å². The minimum absolute atomic E-state index is 0.297. The van der Waals surface area contributed by atoms with Gasteiger partial charge in [-0.1, -0.05) is 30.3 Å². The second-order valence-electron chi connectivity index (χ2n) is 5.94. The molecule has 1 N–H and O–H groups in total. The minimum atomic E-state index is -0.963. The zero-order chi connectivity index (χ0) is 18.1. The van der Waals surface area contributed by atoms with E-state index in [1.165, 1.54) is 0 Å². The highest BCUT2D eigenvalue weighted by atomic mass is 16.5. The van der Waals surface area contributed by atoms with Crippen molar-refractivity contribution in [1.29, 1.82) is 5.26 Å². The van der Waals surface area contributed by atoms with Gasteiger partial charge in [0.15, 0.2) is 0 Å². The highest BCUT2D eigenvalue weighted by Gasteiger charge is 2.26. The first-order valence-electron chi connectivity index (χ1n) is 8.06. The summed E-state index contributed by atoms with van der Waals surface area (Å²) in [6.07, 6.45) is 0.421. The van der Waals surface area contributed by atoms with Crippen molar-refractivity contribution in [3.05, 3.63) is 65.7 Å². The van der Waals surface area contributed by atoms with E-state index < -0.39 is 5.54 Å². The van der Waals surface area contributed by atoms with E-state index in [9.17, 15) is 10.1 Å². The van der Waals surface area contributed by atoms with Gasteiger partial charge >= 0.3 is 0 Å². The first kappa shape index (κ1) is 18.5. The fraction of sp³-hybridized carbons (Fsp3) is 0.300. The number of nitrogens with one attached hydrogen (secondary N) is 1. The Kier molecular flexibility index (Phi) is 6.55. The summed E-state index contributed by atoms with van der Waals surface area (Å²) in [6.45, 7) is 2.55. The van der Waals surface area contributed by atoms with Crippen LogP contribution in [0.4, 0.5) is 0 Å². The van der Waals surface area contributed by atoms with Crippen molar-refractivity contribution in [2.75, 3.05) is 13.7 Å². The molecule has 2 aromatic carbocycles. The van der Waals surface area contributed by atoms with Crippen LogP contribution in [0.15, 0.2) is 54.6 Å². The Bertz CT molecular complexity index is 723. The molecule has 2 aromatic rings. The molecule has 0 radical (unpaired) electrons. The molecule has 0 spiro atoms. The van der Waals surface area contributed by atoms with Gasteiger partial charge in [-0.2, -0.15) is 5.26 Å². The van der Waals surface area contributed by atoms with Crippen molar-refractivity contribution in [3.63, 3.8) is 0 Å². The Balaban J connectivity index is 1.94. The zero-order valence-corrected chi connectivity index (χ0v) is 14.5. The summed E-state index contributed by atoms with van der Waals surface area (Å²) in [5.41, 5.74) is 0.591. The number of nitrogens with zero attached hydrogens (tertiary/aromatic N) is 1. The first-order chi connectivity index (χ1) is 12.1. The molecule has 0 saturated heterocycles. The monoisotopic (exact) mass is 338 g/mol. The molecule has 2 rings (SSSR count). The predicted octanol–water partition coefficient (Wildman–Crippen LogP) is 3.31. The van der Waals surface area contributed by atoms with Gasteiger partial charge in [0.1, 0.15) is 17.9 Å². The molecule has 0 bridgehead atoms. The van der Waals surface area contributed by atoms with Gasteiger partial charge in [0.05, 0.1) is 6.07 Å². The van der Waals surface area contributed by atoms with Crippen LogP contribution in [0.5, 0.6) is 5.75 Å². The molecule has 0 aromatic heterocycles. The number of methoxy groups -OCH3 is 1. The van der Waals surface area contributed by atoms with E-state index >= 15 is 0 Å². The summed E-state index contributed by atoms with van der Waals surface area (Å²) < 4.78 is 10.7. The second kappa shape index (κ2) is 8.86. The molecule has 1 atom stereocenters. The van der Waals surface area contributed by atoms with E-state index in [1.807, 2.05) is 30.3 Å². The van der Waals surface area contributed by atoms with Crippen LogP contribution in [-0.2, 0) is 11.3 Å². The van der Waals surface area contributed by atoms with Crippen molar-refractivity contribution in [2.45, 2.75) is 25.5 Å². The van der Waals surface area contributed by atoms with E-state index in [-0.39, 0.29) is 5.91 Å². The maximum atomic E-state index is 12.3. The minimum Gasteiger partial charge on any atom is -0.489 e. The maximum absolute atomic E-state index is 12.3. The topological polar surface area (TPSA) is 71.3 Å². The van der Waals surface area contributed by atoms with E-state index in [0.29, 0.717) is 30.9 Å². The molecule has 0 aliphatic rings. The summed E-state index contributed by atoms with van der Waals surface area (Å²) in [5, 5.41) is 12.0. The van der Waals surface area contributed by atoms with Crippen LogP contribution in [0.1, 0.15) is 29.3 Å².